The molecule has 0 saturated carbocycles. The lowest BCUT2D eigenvalue weighted by Gasteiger charge is -1.98. The van der Waals surface area contributed by atoms with Crippen molar-refractivity contribution in [3.05, 3.63) is 36.2 Å². The van der Waals surface area contributed by atoms with Gasteiger partial charge in [-0.2, -0.15) is 0 Å². The van der Waals surface area contributed by atoms with Gasteiger partial charge in [-0.1, -0.05) is 18.1 Å². The molecule has 0 bridgehead atoms. The summed E-state index contributed by atoms with van der Waals surface area (Å²) in [6, 6.07) is 7.39. The third-order valence-corrected chi connectivity index (χ3v) is 2.00. The summed E-state index contributed by atoms with van der Waals surface area (Å²) >= 11 is 0. The van der Waals surface area contributed by atoms with E-state index in [9.17, 15) is 4.79 Å². The maximum Gasteiger partial charge on any atom is 0.194 e. The molecule has 0 aliphatic heterocycles. The Bertz CT molecular complexity index is 555. The first-order valence-corrected chi connectivity index (χ1v) is 4.49. The summed E-state index contributed by atoms with van der Waals surface area (Å²) in [5.41, 5.74) is 1.81. The van der Waals surface area contributed by atoms with Gasteiger partial charge in [-0.25, -0.2) is 4.98 Å². The summed E-state index contributed by atoms with van der Waals surface area (Å²) in [7, 11) is 0. The molecule has 0 unspecified atom stereocenters. The molecule has 0 atom stereocenters. The topological polar surface area (TPSA) is 42.9 Å². The van der Waals surface area contributed by atoms with Crippen LogP contribution in [0.25, 0.3) is 11.0 Å². The summed E-state index contributed by atoms with van der Waals surface area (Å²) in [4.78, 5) is 19.8. The van der Waals surface area contributed by atoms with E-state index in [-0.39, 0.29) is 12.2 Å². The summed E-state index contributed by atoms with van der Waals surface area (Å²) in [6.07, 6.45) is 6.58. The van der Waals surface area contributed by atoms with E-state index in [1.807, 2.05) is 24.3 Å². The minimum absolute atomic E-state index is 0.0625. The number of fused-ring (bicyclic) bond motifs is 1. The maximum atomic E-state index is 11.4. The molecule has 2 rings (SSSR count). The second kappa shape index (κ2) is 3.89. The fraction of sp³-hybridized carbons (Fsp3) is 0.0833. The van der Waals surface area contributed by atoms with Gasteiger partial charge in [0.15, 0.2) is 5.78 Å². The molecule has 15 heavy (non-hydrogen) atoms. The van der Waals surface area contributed by atoms with Gasteiger partial charge >= 0.3 is 0 Å². The van der Waals surface area contributed by atoms with Crippen LogP contribution in [0.5, 0.6) is 0 Å². The van der Waals surface area contributed by atoms with Crippen molar-refractivity contribution in [1.29, 1.82) is 0 Å². The quantitative estimate of drug-likeness (QED) is 0.543. The fourth-order valence-electron chi connectivity index (χ4n) is 1.27. The molecule has 2 aromatic rings. The first-order chi connectivity index (χ1) is 7.31. The molecule has 1 heterocycles. The van der Waals surface area contributed by atoms with Crippen LogP contribution in [0.4, 0.5) is 0 Å². The molecule has 3 heteroatoms. The van der Waals surface area contributed by atoms with E-state index in [1.165, 1.54) is 6.20 Å². The molecule has 0 aliphatic rings. The van der Waals surface area contributed by atoms with Crippen molar-refractivity contribution in [3.8, 4) is 12.3 Å². The van der Waals surface area contributed by atoms with Gasteiger partial charge in [0, 0.05) is 0 Å². The molecule has 1 aromatic heterocycles. The van der Waals surface area contributed by atoms with Gasteiger partial charge in [0.1, 0.15) is 5.69 Å². The van der Waals surface area contributed by atoms with Gasteiger partial charge in [0.2, 0.25) is 0 Å². The number of carbonyl (C=O) groups is 1. The highest BCUT2D eigenvalue weighted by Gasteiger charge is 2.06. The molecule has 0 saturated heterocycles. The van der Waals surface area contributed by atoms with E-state index in [1.54, 1.807) is 0 Å². The first-order valence-electron chi connectivity index (χ1n) is 4.49. The van der Waals surface area contributed by atoms with E-state index in [0.29, 0.717) is 11.2 Å². The molecule has 0 N–H and O–H groups in total. The number of para-hydroxylation sites is 2. The highest BCUT2D eigenvalue weighted by atomic mass is 16.1. The van der Waals surface area contributed by atoms with Crippen LogP contribution in [0.15, 0.2) is 30.5 Å². The van der Waals surface area contributed by atoms with E-state index in [2.05, 4.69) is 15.9 Å². The average molecular weight is 196 g/mol. The van der Waals surface area contributed by atoms with E-state index in [0.717, 1.165) is 5.52 Å². The van der Waals surface area contributed by atoms with Crippen molar-refractivity contribution >= 4 is 16.8 Å². The van der Waals surface area contributed by atoms with Gasteiger partial charge in [-0.05, 0) is 12.1 Å². The standard InChI is InChI=1S/C12H8N2O/c1-2-5-12(15)11-8-13-9-6-3-4-7-10(9)14-11/h1,3-4,6-8H,5H2. The highest BCUT2D eigenvalue weighted by molar-refractivity contribution is 5.96. The predicted molar refractivity (Wildman–Crippen MR) is 57.3 cm³/mol. The maximum absolute atomic E-state index is 11.4. The number of hydrogen-bond donors (Lipinski definition) is 0. The van der Waals surface area contributed by atoms with Crippen molar-refractivity contribution in [2.24, 2.45) is 0 Å². The third kappa shape index (κ3) is 1.84. The van der Waals surface area contributed by atoms with Crippen LogP contribution in [0.2, 0.25) is 0 Å². The summed E-state index contributed by atoms with van der Waals surface area (Å²) in [5.74, 6) is 2.13. The monoisotopic (exact) mass is 196 g/mol. The smallest absolute Gasteiger partial charge is 0.194 e. The summed E-state index contributed by atoms with van der Waals surface area (Å²) in [5, 5.41) is 0. The second-order valence-corrected chi connectivity index (χ2v) is 3.05. The molecule has 3 nitrogen and oxygen atoms in total. The van der Waals surface area contributed by atoms with Gasteiger partial charge in [-0.15, -0.1) is 6.42 Å². The molecule has 0 radical (unpaired) electrons. The van der Waals surface area contributed by atoms with Crippen LogP contribution in [0.3, 0.4) is 0 Å². The molecule has 0 amide bonds. The minimum Gasteiger partial charge on any atom is -0.291 e. The minimum atomic E-state index is -0.171. The molecule has 0 aliphatic carbocycles. The number of ketones is 1. The molecular weight excluding hydrogens is 188 g/mol. The molecular formula is C12H8N2O. The Morgan fingerprint density at radius 1 is 1.33 bits per heavy atom. The number of Topliss-reactive ketones (excluding diaryl/α,β-unsaturated/α-hetero) is 1. The Hall–Kier alpha value is -2.21. The Morgan fingerprint density at radius 2 is 2.07 bits per heavy atom. The van der Waals surface area contributed by atoms with Crippen LogP contribution >= 0.6 is 0 Å². The Kier molecular flexibility index (Phi) is 2.42. The summed E-state index contributed by atoms with van der Waals surface area (Å²) in [6.45, 7) is 0. The lowest BCUT2D eigenvalue weighted by Crippen LogP contribution is -2.02. The van der Waals surface area contributed by atoms with Crippen molar-refractivity contribution in [3.63, 3.8) is 0 Å². The molecule has 0 spiro atoms. The Morgan fingerprint density at radius 3 is 2.80 bits per heavy atom. The normalized spacial score (nSPS) is 9.80. The number of aromatic nitrogens is 2. The highest BCUT2D eigenvalue weighted by Crippen LogP contribution is 2.09. The number of carbonyl (C=O) groups excluding carboxylic acids is 1. The van der Waals surface area contributed by atoms with Gasteiger partial charge in [0.25, 0.3) is 0 Å². The Labute approximate surface area is 87.2 Å². The lowest BCUT2D eigenvalue weighted by molar-refractivity contribution is 0.0993. The second-order valence-electron chi connectivity index (χ2n) is 3.05. The van der Waals surface area contributed by atoms with Crippen LogP contribution in [0, 0.1) is 12.3 Å². The SMILES string of the molecule is C#CCC(=O)c1cnc2ccccc2n1. The van der Waals surface area contributed by atoms with E-state index in [4.69, 9.17) is 6.42 Å². The Balaban J connectivity index is 2.48. The molecule has 0 fully saturated rings. The number of rotatable bonds is 2. The van der Waals surface area contributed by atoms with Crippen molar-refractivity contribution in [2.75, 3.05) is 0 Å². The van der Waals surface area contributed by atoms with Crippen LogP contribution in [-0.4, -0.2) is 15.8 Å². The van der Waals surface area contributed by atoms with Crippen LogP contribution in [0.1, 0.15) is 16.9 Å². The number of hydrogen-bond acceptors (Lipinski definition) is 3. The number of benzene rings is 1. The average Bonchev–Trinajstić information content (AvgIpc) is 2.29. The number of nitrogens with zero attached hydrogens (tertiary/aromatic N) is 2. The van der Waals surface area contributed by atoms with Crippen molar-refractivity contribution in [1.82, 2.24) is 9.97 Å². The fourth-order valence-corrected chi connectivity index (χ4v) is 1.27. The lowest BCUT2D eigenvalue weighted by atomic mass is 10.2. The van der Waals surface area contributed by atoms with Crippen LogP contribution in [-0.2, 0) is 0 Å². The van der Waals surface area contributed by atoms with Gasteiger partial charge < -0.3 is 0 Å². The zero-order valence-electron chi connectivity index (χ0n) is 7.97. The zero-order valence-corrected chi connectivity index (χ0v) is 7.97. The van der Waals surface area contributed by atoms with Gasteiger partial charge in [0.05, 0.1) is 23.7 Å². The predicted octanol–water partition coefficient (Wildman–Crippen LogP) is 1.84. The third-order valence-electron chi connectivity index (χ3n) is 2.00. The first kappa shape index (κ1) is 9.35. The van der Waals surface area contributed by atoms with Crippen molar-refractivity contribution in [2.45, 2.75) is 6.42 Å². The van der Waals surface area contributed by atoms with E-state index >= 15 is 0 Å². The zero-order chi connectivity index (χ0) is 10.7. The van der Waals surface area contributed by atoms with Crippen molar-refractivity contribution < 1.29 is 4.79 Å². The van der Waals surface area contributed by atoms with Gasteiger partial charge in [-0.3, -0.25) is 9.78 Å². The summed E-state index contributed by atoms with van der Waals surface area (Å²) < 4.78 is 0. The van der Waals surface area contributed by atoms with E-state index < -0.39 is 0 Å². The molecule has 72 valence electrons. The molecule has 1 aromatic carbocycles. The number of terminal acetylenes is 1. The largest absolute Gasteiger partial charge is 0.291 e. The van der Waals surface area contributed by atoms with Crippen LogP contribution < -0.4 is 0 Å².